The molecule has 12 aromatic rings. The van der Waals surface area contributed by atoms with E-state index in [2.05, 4.69) is 110 Å². The third kappa shape index (κ3) is 7.91. The van der Waals surface area contributed by atoms with Gasteiger partial charge in [0.05, 0.1) is 22.7 Å². The van der Waals surface area contributed by atoms with Gasteiger partial charge in [0.2, 0.25) is 0 Å². The van der Waals surface area contributed by atoms with E-state index in [1.165, 1.54) is 24.3 Å². The molecule has 0 aromatic heterocycles. The third-order valence-corrected chi connectivity index (χ3v) is 14.5. The summed E-state index contributed by atoms with van der Waals surface area (Å²) in [7, 11) is 0. The molecule has 12 rings (SSSR count). The van der Waals surface area contributed by atoms with Gasteiger partial charge in [-0.3, -0.25) is 0 Å². The van der Waals surface area contributed by atoms with Crippen molar-refractivity contribution in [3.05, 3.63) is 264 Å². The van der Waals surface area contributed by atoms with Crippen LogP contribution in [0.2, 0.25) is 0 Å². The molecule has 0 amide bonds. The number of aryl methyl sites for hydroxylation is 4. The van der Waals surface area contributed by atoms with E-state index in [0.29, 0.717) is 44.5 Å². The molecule has 0 unspecified atom stereocenters. The Hall–Kier alpha value is -9.00. The summed E-state index contributed by atoms with van der Waals surface area (Å²) in [5, 5.41) is 6.12. The van der Waals surface area contributed by atoms with Crippen molar-refractivity contribution in [1.29, 1.82) is 0 Å². The maximum absolute atomic E-state index is 15.9. The lowest BCUT2D eigenvalue weighted by molar-refractivity contribution is 0.630. The van der Waals surface area contributed by atoms with Crippen LogP contribution in [0.3, 0.4) is 0 Å². The van der Waals surface area contributed by atoms with Crippen molar-refractivity contribution in [3.8, 4) is 44.5 Å². The first-order valence-electron chi connectivity index (χ1n) is 24.8. The summed E-state index contributed by atoms with van der Waals surface area (Å²) < 4.78 is 63.6. The highest BCUT2D eigenvalue weighted by atomic mass is 19.1. The van der Waals surface area contributed by atoms with Gasteiger partial charge in [0.1, 0.15) is 23.3 Å². The molecule has 2 nitrogen and oxygen atoms in total. The van der Waals surface area contributed by atoms with Crippen molar-refractivity contribution in [3.63, 3.8) is 0 Å². The predicted octanol–water partition coefficient (Wildman–Crippen LogP) is 20.0. The van der Waals surface area contributed by atoms with Gasteiger partial charge in [-0.1, -0.05) is 146 Å². The molecule has 12 aromatic carbocycles. The fourth-order valence-corrected chi connectivity index (χ4v) is 11.1. The van der Waals surface area contributed by atoms with Gasteiger partial charge >= 0.3 is 0 Å². The third-order valence-electron chi connectivity index (χ3n) is 14.5. The van der Waals surface area contributed by atoms with E-state index in [1.807, 2.05) is 72.8 Å². The standard InChI is InChI=1S/C68H48F4N2/c1-41-15-13-16-42(2)67(41)73(51-37-47(53-19-5-9-23-59(53)69)35-48(38-51)54-20-6-10-24-60(54)70)63-33-29-45-28-32-58-64(34-30-46-27-31-57(63)65(45)66(46)58)74(68-43(3)17-14-18-44(68)4)52-39-49(55-21-7-11-25-61(55)71)36-50(40-52)56-22-8-12-26-62(56)72/h5-40H,1-4H3. The maximum atomic E-state index is 15.9. The Labute approximate surface area is 428 Å². The number of nitrogens with zero attached hydrogens (tertiary/aromatic N) is 2. The van der Waals surface area contributed by atoms with E-state index >= 15 is 17.6 Å². The average molecular weight is 969 g/mol. The molecule has 0 aliphatic rings. The highest BCUT2D eigenvalue weighted by molar-refractivity contribution is 6.28. The van der Waals surface area contributed by atoms with Crippen LogP contribution in [0.25, 0.3) is 76.8 Å². The van der Waals surface area contributed by atoms with Gasteiger partial charge in [0, 0.05) is 44.4 Å². The van der Waals surface area contributed by atoms with E-state index in [9.17, 15) is 0 Å². The first-order chi connectivity index (χ1) is 36.0. The van der Waals surface area contributed by atoms with Gasteiger partial charge < -0.3 is 9.80 Å². The van der Waals surface area contributed by atoms with Crippen LogP contribution in [0.15, 0.2) is 218 Å². The molecule has 0 aliphatic heterocycles. The SMILES string of the molecule is Cc1cccc(C)c1N(c1cc(-c2ccccc2F)cc(-c2ccccc2F)c1)c1ccc2ccc3c(N(c4cc(-c5ccccc5F)cc(-c5ccccc5F)c4)c4c(C)cccc4C)ccc4ccc1c2c43. The highest BCUT2D eigenvalue weighted by Crippen LogP contribution is 2.51. The molecule has 74 heavy (non-hydrogen) atoms. The van der Waals surface area contributed by atoms with Gasteiger partial charge in [-0.15, -0.1) is 0 Å². The van der Waals surface area contributed by atoms with Crippen molar-refractivity contribution in [1.82, 2.24) is 0 Å². The summed E-state index contributed by atoms with van der Waals surface area (Å²) in [5.41, 5.74) is 13.3. The van der Waals surface area contributed by atoms with E-state index in [4.69, 9.17) is 0 Å². The molecule has 0 aliphatic carbocycles. The van der Waals surface area contributed by atoms with Crippen LogP contribution < -0.4 is 9.80 Å². The Morgan fingerprint density at radius 2 is 0.568 bits per heavy atom. The first kappa shape index (κ1) is 46.1. The Morgan fingerprint density at radius 1 is 0.284 bits per heavy atom. The fraction of sp³-hybridized carbons (Fsp3) is 0.0588. The molecule has 0 saturated heterocycles. The van der Waals surface area contributed by atoms with E-state index in [0.717, 1.165) is 88.7 Å². The zero-order valence-corrected chi connectivity index (χ0v) is 41.2. The van der Waals surface area contributed by atoms with Crippen molar-refractivity contribution in [2.24, 2.45) is 0 Å². The number of rotatable bonds is 10. The number of hydrogen-bond acceptors (Lipinski definition) is 2. The molecule has 0 N–H and O–H groups in total. The number of benzene rings is 12. The fourth-order valence-electron chi connectivity index (χ4n) is 11.1. The summed E-state index contributed by atoms with van der Waals surface area (Å²) in [4.78, 5) is 4.49. The molecule has 0 atom stereocenters. The van der Waals surface area contributed by atoms with Crippen LogP contribution in [-0.4, -0.2) is 0 Å². The van der Waals surface area contributed by atoms with Gasteiger partial charge in [-0.25, -0.2) is 17.6 Å². The first-order valence-corrected chi connectivity index (χ1v) is 24.8. The highest BCUT2D eigenvalue weighted by Gasteiger charge is 2.27. The summed E-state index contributed by atoms with van der Waals surface area (Å²) >= 11 is 0. The van der Waals surface area contributed by atoms with Crippen molar-refractivity contribution in [2.75, 3.05) is 9.80 Å². The second kappa shape index (κ2) is 18.6. The van der Waals surface area contributed by atoms with E-state index in [-0.39, 0.29) is 23.3 Å². The molecule has 358 valence electrons. The quantitative estimate of drug-likeness (QED) is 0.0995. The molecular formula is C68H48F4N2. The van der Waals surface area contributed by atoms with Crippen LogP contribution in [0.5, 0.6) is 0 Å². The van der Waals surface area contributed by atoms with Gasteiger partial charge in [-0.05, 0) is 167 Å². The number of hydrogen-bond donors (Lipinski definition) is 0. The average Bonchev–Trinajstić information content (AvgIpc) is 3.40. The second-order valence-electron chi connectivity index (χ2n) is 19.2. The van der Waals surface area contributed by atoms with Crippen LogP contribution in [0.4, 0.5) is 51.7 Å². The summed E-state index contributed by atoms with van der Waals surface area (Å²) in [6.07, 6.45) is 0. The largest absolute Gasteiger partial charge is 0.309 e. The second-order valence-corrected chi connectivity index (χ2v) is 19.2. The monoisotopic (exact) mass is 968 g/mol. The van der Waals surface area contributed by atoms with Crippen LogP contribution in [-0.2, 0) is 0 Å². The summed E-state index contributed by atoms with van der Waals surface area (Å²) in [5.74, 6) is -1.51. The molecule has 0 spiro atoms. The smallest absolute Gasteiger partial charge is 0.131 e. The molecule has 0 fully saturated rings. The lowest BCUT2D eigenvalue weighted by Crippen LogP contribution is -2.14. The van der Waals surface area contributed by atoms with Crippen molar-refractivity contribution < 1.29 is 17.6 Å². The minimum atomic E-state index is -0.376. The topological polar surface area (TPSA) is 6.48 Å². The minimum absolute atomic E-state index is 0.376. The van der Waals surface area contributed by atoms with Crippen molar-refractivity contribution >= 4 is 66.4 Å². The molecule has 0 heterocycles. The Balaban J connectivity index is 1.14. The van der Waals surface area contributed by atoms with Crippen molar-refractivity contribution in [2.45, 2.75) is 27.7 Å². The summed E-state index contributed by atoms with van der Waals surface area (Å²) in [6, 6.07) is 68.3. The lowest BCUT2D eigenvalue weighted by Gasteiger charge is -2.32. The van der Waals surface area contributed by atoms with Crippen LogP contribution in [0.1, 0.15) is 22.3 Å². The van der Waals surface area contributed by atoms with Gasteiger partial charge in [0.25, 0.3) is 0 Å². The normalized spacial score (nSPS) is 11.5. The van der Waals surface area contributed by atoms with Gasteiger partial charge in [0.15, 0.2) is 0 Å². The molecule has 0 radical (unpaired) electrons. The lowest BCUT2D eigenvalue weighted by atomic mass is 9.90. The zero-order valence-electron chi connectivity index (χ0n) is 41.2. The predicted molar refractivity (Wildman–Crippen MR) is 300 cm³/mol. The van der Waals surface area contributed by atoms with E-state index in [1.54, 1.807) is 48.5 Å². The molecule has 0 saturated carbocycles. The summed E-state index contributed by atoms with van der Waals surface area (Å²) in [6.45, 7) is 8.38. The van der Waals surface area contributed by atoms with Crippen LogP contribution >= 0.6 is 0 Å². The van der Waals surface area contributed by atoms with Gasteiger partial charge in [-0.2, -0.15) is 0 Å². The number of halogens is 4. The Morgan fingerprint density at radius 3 is 0.865 bits per heavy atom. The maximum Gasteiger partial charge on any atom is 0.131 e. The minimum Gasteiger partial charge on any atom is -0.309 e. The Bertz CT molecular complexity index is 3720. The molecule has 0 bridgehead atoms. The molecular weight excluding hydrogens is 921 g/mol. The number of para-hydroxylation sites is 2. The molecule has 6 heteroatoms. The Kier molecular flexibility index (Phi) is 11.6. The number of anilines is 6. The zero-order chi connectivity index (χ0) is 50.8. The van der Waals surface area contributed by atoms with Crippen LogP contribution in [0, 0.1) is 51.0 Å². The van der Waals surface area contributed by atoms with E-state index < -0.39 is 0 Å².